The van der Waals surface area contributed by atoms with Gasteiger partial charge in [0.2, 0.25) is 0 Å². The zero-order valence-electron chi connectivity index (χ0n) is 14.5. The third kappa shape index (κ3) is 3.34. The molecule has 0 aliphatic rings. The standard InChI is InChI=1S/C21H14ClF2N3O/c22-17-5-3-6-18(24)16(17)12-25-27-20(13-8-10-14(23)11-9-13)26-19-7-2-1-4-15(19)21(27)28/h1-11,25H,12H2. The molecule has 0 saturated heterocycles. The maximum absolute atomic E-state index is 14.1. The van der Waals surface area contributed by atoms with Crippen molar-refractivity contribution >= 4 is 22.5 Å². The van der Waals surface area contributed by atoms with Gasteiger partial charge in [0.15, 0.2) is 5.82 Å². The van der Waals surface area contributed by atoms with E-state index in [0.29, 0.717) is 16.5 Å². The van der Waals surface area contributed by atoms with E-state index in [1.54, 1.807) is 30.3 Å². The largest absolute Gasteiger partial charge is 0.317 e. The summed E-state index contributed by atoms with van der Waals surface area (Å²) >= 11 is 6.08. The predicted octanol–water partition coefficient (Wildman–Crippen LogP) is 4.74. The first kappa shape index (κ1) is 18.1. The summed E-state index contributed by atoms with van der Waals surface area (Å²) in [6, 6.07) is 16.9. The molecule has 0 aliphatic carbocycles. The number of nitrogens with one attached hydrogen (secondary N) is 1. The Balaban J connectivity index is 1.85. The fourth-order valence-electron chi connectivity index (χ4n) is 2.93. The number of aromatic nitrogens is 2. The van der Waals surface area contributed by atoms with Gasteiger partial charge in [-0.25, -0.2) is 18.4 Å². The van der Waals surface area contributed by atoms with Gasteiger partial charge < -0.3 is 5.43 Å². The molecule has 28 heavy (non-hydrogen) atoms. The minimum atomic E-state index is -0.481. The molecule has 1 aromatic heterocycles. The van der Waals surface area contributed by atoms with Gasteiger partial charge in [-0.3, -0.25) is 4.79 Å². The second-order valence-corrected chi connectivity index (χ2v) is 6.54. The van der Waals surface area contributed by atoms with E-state index in [1.165, 1.54) is 41.1 Å². The zero-order valence-corrected chi connectivity index (χ0v) is 15.3. The summed E-state index contributed by atoms with van der Waals surface area (Å²) in [6.45, 7) is -0.0281. The quantitative estimate of drug-likeness (QED) is 0.541. The van der Waals surface area contributed by atoms with Crippen molar-refractivity contribution in [2.75, 3.05) is 5.43 Å². The maximum Gasteiger partial charge on any atom is 0.280 e. The molecule has 4 aromatic rings. The number of para-hydroxylation sites is 1. The van der Waals surface area contributed by atoms with E-state index in [-0.39, 0.29) is 28.5 Å². The van der Waals surface area contributed by atoms with E-state index >= 15 is 0 Å². The number of hydrogen-bond donors (Lipinski definition) is 1. The molecule has 0 saturated carbocycles. The summed E-state index contributed by atoms with van der Waals surface area (Å²) in [6.07, 6.45) is 0. The second-order valence-electron chi connectivity index (χ2n) is 6.14. The van der Waals surface area contributed by atoms with Crippen LogP contribution in [0, 0.1) is 11.6 Å². The predicted molar refractivity (Wildman–Crippen MR) is 106 cm³/mol. The number of fused-ring (bicyclic) bond motifs is 1. The third-order valence-corrected chi connectivity index (χ3v) is 4.71. The first-order valence-corrected chi connectivity index (χ1v) is 8.87. The number of benzene rings is 3. The molecule has 0 bridgehead atoms. The third-order valence-electron chi connectivity index (χ3n) is 4.35. The molecule has 4 rings (SSSR count). The Morgan fingerprint density at radius 3 is 2.46 bits per heavy atom. The van der Waals surface area contributed by atoms with Crippen molar-refractivity contribution in [3.8, 4) is 11.4 Å². The van der Waals surface area contributed by atoms with Crippen molar-refractivity contribution in [3.63, 3.8) is 0 Å². The van der Waals surface area contributed by atoms with Crippen LogP contribution in [-0.4, -0.2) is 9.66 Å². The Bertz CT molecular complexity index is 1200. The van der Waals surface area contributed by atoms with Gasteiger partial charge in [-0.15, -0.1) is 0 Å². The van der Waals surface area contributed by atoms with E-state index in [2.05, 4.69) is 10.4 Å². The normalized spacial score (nSPS) is 11.0. The van der Waals surface area contributed by atoms with Crippen molar-refractivity contribution in [2.24, 2.45) is 0 Å². The summed E-state index contributed by atoms with van der Waals surface area (Å²) in [4.78, 5) is 17.6. The van der Waals surface area contributed by atoms with Crippen LogP contribution >= 0.6 is 11.6 Å². The number of halogens is 3. The molecule has 1 heterocycles. The molecule has 1 N–H and O–H groups in total. The summed E-state index contributed by atoms with van der Waals surface area (Å²) in [7, 11) is 0. The first-order chi connectivity index (χ1) is 13.5. The van der Waals surface area contributed by atoms with E-state index < -0.39 is 11.6 Å². The highest BCUT2D eigenvalue weighted by Gasteiger charge is 2.14. The molecule has 0 radical (unpaired) electrons. The van der Waals surface area contributed by atoms with Crippen molar-refractivity contribution in [2.45, 2.75) is 6.54 Å². The van der Waals surface area contributed by atoms with E-state index in [1.807, 2.05) is 0 Å². The summed E-state index contributed by atoms with van der Waals surface area (Å²) in [5.41, 5.74) is 3.84. The Hall–Kier alpha value is -3.25. The van der Waals surface area contributed by atoms with Crippen LogP contribution in [0.4, 0.5) is 8.78 Å². The summed E-state index contributed by atoms with van der Waals surface area (Å²) < 4.78 is 28.7. The topological polar surface area (TPSA) is 46.9 Å². The van der Waals surface area contributed by atoms with Crippen molar-refractivity contribution in [1.82, 2.24) is 9.66 Å². The molecular weight excluding hydrogens is 384 g/mol. The minimum absolute atomic E-state index is 0.0281. The molecule has 140 valence electrons. The van der Waals surface area contributed by atoms with Crippen LogP contribution in [0.5, 0.6) is 0 Å². The van der Waals surface area contributed by atoms with Crippen LogP contribution < -0.4 is 11.0 Å². The molecule has 0 atom stereocenters. The van der Waals surface area contributed by atoms with Crippen LogP contribution in [0.3, 0.4) is 0 Å². The zero-order chi connectivity index (χ0) is 19.7. The molecule has 0 fully saturated rings. The van der Waals surface area contributed by atoms with Gasteiger partial charge in [0.05, 0.1) is 17.4 Å². The smallest absolute Gasteiger partial charge is 0.280 e. The highest BCUT2D eigenvalue weighted by Crippen LogP contribution is 2.21. The van der Waals surface area contributed by atoms with Gasteiger partial charge in [0.25, 0.3) is 5.56 Å². The average molecular weight is 398 g/mol. The van der Waals surface area contributed by atoms with Gasteiger partial charge in [0, 0.05) is 16.1 Å². The van der Waals surface area contributed by atoms with Gasteiger partial charge in [-0.05, 0) is 48.5 Å². The second kappa shape index (κ2) is 7.40. The molecule has 4 nitrogen and oxygen atoms in total. The van der Waals surface area contributed by atoms with Crippen LogP contribution in [0.15, 0.2) is 71.5 Å². The highest BCUT2D eigenvalue weighted by molar-refractivity contribution is 6.31. The van der Waals surface area contributed by atoms with Gasteiger partial charge in [-0.1, -0.05) is 29.8 Å². The van der Waals surface area contributed by atoms with Crippen LogP contribution in [0.2, 0.25) is 5.02 Å². The fraction of sp³-hybridized carbons (Fsp3) is 0.0476. The Morgan fingerprint density at radius 1 is 0.964 bits per heavy atom. The highest BCUT2D eigenvalue weighted by atomic mass is 35.5. The lowest BCUT2D eigenvalue weighted by atomic mass is 10.2. The van der Waals surface area contributed by atoms with Crippen molar-refractivity contribution in [3.05, 3.63) is 99.3 Å². The number of rotatable bonds is 4. The number of hydrogen-bond acceptors (Lipinski definition) is 3. The van der Waals surface area contributed by atoms with Crippen LogP contribution in [0.1, 0.15) is 5.56 Å². The molecule has 0 aliphatic heterocycles. The Labute approximate surface area is 164 Å². The molecular formula is C21H14ClF2N3O. The summed E-state index contributed by atoms with van der Waals surface area (Å²) in [5, 5.41) is 0.651. The molecule has 0 unspecified atom stereocenters. The van der Waals surface area contributed by atoms with Crippen LogP contribution in [0.25, 0.3) is 22.3 Å². The van der Waals surface area contributed by atoms with Crippen molar-refractivity contribution < 1.29 is 8.78 Å². The monoisotopic (exact) mass is 397 g/mol. The first-order valence-electron chi connectivity index (χ1n) is 8.49. The fourth-order valence-corrected chi connectivity index (χ4v) is 3.16. The molecule has 0 spiro atoms. The van der Waals surface area contributed by atoms with Gasteiger partial charge in [0.1, 0.15) is 11.6 Å². The lowest BCUT2D eigenvalue weighted by Gasteiger charge is -2.16. The van der Waals surface area contributed by atoms with Gasteiger partial charge >= 0.3 is 0 Å². The molecule has 7 heteroatoms. The van der Waals surface area contributed by atoms with E-state index in [4.69, 9.17) is 11.6 Å². The number of nitrogens with zero attached hydrogens (tertiary/aromatic N) is 2. The minimum Gasteiger partial charge on any atom is -0.317 e. The lowest BCUT2D eigenvalue weighted by Crippen LogP contribution is -2.31. The van der Waals surface area contributed by atoms with Gasteiger partial charge in [-0.2, -0.15) is 0 Å². The Morgan fingerprint density at radius 2 is 1.71 bits per heavy atom. The average Bonchev–Trinajstić information content (AvgIpc) is 2.69. The molecule has 3 aromatic carbocycles. The SMILES string of the molecule is O=c1c2ccccc2nc(-c2ccc(F)cc2)n1NCc1c(F)cccc1Cl. The van der Waals surface area contributed by atoms with E-state index in [9.17, 15) is 13.6 Å². The molecule has 0 amide bonds. The Kier molecular flexibility index (Phi) is 4.79. The van der Waals surface area contributed by atoms with Crippen molar-refractivity contribution in [1.29, 1.82) is 0 Å². The van der Waals surface area contributed by atoms with E-state index in [0.717, 1.165) is 0 Å². The van der Waals surface area contributed by atoms with Crippen LogP contribution in [-0.2, 0) is 6.54 Å². The lowest BCUT2D eigenvalue weighted by molar-refractivity contribution is 0.608. The maximum atomic E-state index is 14.1. The summed E-state index contributed by atoms with van der Waals surface area (Å²) in [5.74, 6) is -0.592.